The van der Waals surface area contributed by atoms with Crippen molar-refractivity contribution in [2.75, 3.05) is 6.54 Å². The maximum absolute atomic E-state index is 11.1. The Morgan fingerprint density at radius 2 is 2.14 bits per heavy atom. The number of hydrogen-bond acceptors (Lipinski definition) is 5. The van der Waals surface area contributed by atoms with Crippen molar-refractivity contribution in [1.29, 1.82) is 0 Å². The van der Waals surface area contributed by atoms with Crippen LogP contribution >= 0.6 is 0 Å². The highest BCUT2D eigenvalue weighted by atomic mass is 16.5. The van der Waals surface area contributed by atoms with Crippen molar-refractivity contribution in [3.8, 4) is 11.4 Å². The Morgan fingerprint density at radius 3 is 2.90 bits per heavy atom. The van der Waals surface area contributed by atoms with E-state index >= 15 is 0 Å². The molecule has 1 aliphatic rings. The standard InChI is InChI=1S/C16H19N3O2/c1-12-5-7-13(8-6-12)16-17-15(21-18-16)10-19-9-3-2-4-14(19)11-20/h5-8,11,14H,2-4,9-10H2,1H3. The molecule has 1 fully saturated rings. The topological polar surface area (TPSA) is 59.2 Å². The first-order valence-electron chi connectivity index (χ1n) is 7.35. The fourth-order valence-electron chi connectivity index (χ4n) is 2.68. The number of nitrogens with zero attached hydrogens (tertiary/aromatic N) is 3. The van der Waals surface area contributed by atoms with E-state index in [2.05, 4.69) is 15.0 Å². The van der Waals surface area contributed by atoms with Gasteiger partial charge in [-0.15, -0.1) is 0 Å². The second-order valence-electron chi connectivity index (χ2n) is 5.55. The second-order valence-corrected chi connectivity index (χ2v) is 5.55. The Kier molecular flexibility index (Phi) is 4.10. The molecule has 3 rings (SSSR count). The van der Waals surface area contributed by atoms with E-state index in [1.165, 1.54) is 5.56 Å². The fourth-order valence-corrected chi connectivity index (χ4v) is 2.68. The van der Waals surface area contributed by atoms with Gasteiger partial charge >= 0.3 is 0 Å². The summed E-state index contributed by atoms with van der Waals surface area (Å²) in [6, 6.07) is 8.00. The molecule has 0 amide bonds. The summed E-state index contributed by atoms with van der Waals surface area (Å²) in [5.74, 6) is 1.17. The number of hydrogen-bond donors (Lipinski definition) is 0. The predicted octanol–water partition coefficient (Wildman–Crippen LogP) is 2.60. The van der Waals surface area contributed by atoms with E-state index in [9.17, 15) is 4.79 Å². The third-order valence-corrected chi connectivity index (χ3v) is 3.94. The summed E-state index contributed by atoms with van der Waals surface area (Å²) in [4.78, 5) is 17.7. The molecule has 21 heavy (non-hydrogen) atoms. The van der Waals surface area contributed by atoms with E-state index in [0.29, 0.717) is 18.3 Å². The van der Waals surface area contributed by atoms with Gasteiger partial charge in [-0.05, 0) is 26.3 Å². The lowest BCUT2D eigenvalue weighted by Crippen LogP contribution is -2.39. The molecule has 5 nitrogen and oxygen atoms in total. The lowest BCUT2D eigenvalue weighted by Gasteiger charge is -2.30. The minimum atomic E-state index is -0.0199. The van der Waals surface area contributed by atoms with Crippen LogP contribution in [0.15, 0.2) is 28.8 Å². The molecule has 1 aromatic carbocycles. The van der Waals surface area contributed by atoms with E-state index < -0.39 is 0 Å². The molecule has 0 saturated carbocycles. The van der Waals surface area contributed by atoms with Gasteiger partial charge in [0.1, 0.15) is 6.29 Å². The van der Waals surface area contributed by atoms with Crippen LogP contribution in [0, 0.1) is 6.92 Å². The number of carbonyl (C=O) groups excluding carboxylic acids is 1. The molecule has 110 valence electrons. The normalized spacial score (nSPS) is 19.6. The maximum Gasteiger partial charge on any atom is 0.241 e. The summed E-state index contributed by atoms with van der Waals surface area (Å²) in [5.41, 5.74) is 2.14. The second kappa shape index (κ2) is 6.18. The first-order valence-corrected chi connectivity index (χ1v) is 7.35. The van der Waals surface area contributed by atoms with Gasteiger partial charge < -0.3 is 9.32 Å². The van der Waals surface area contributed by atoms with Crippen LogP contribution in [0.2, 0.25) is 0 Å². The van der Waals surface area contributed by atoms with E-state index in [1.54, 1.807) is 0 Å². The minimum absolute atomic E-state index is 0.0199. The van der Waals surface area contributed by atoms with Crippen LogP contribution in [-0.2, 0) is 11.3 Å². The van der Waals surface area contributed by atoms with E-state index in [0.717, 1.165) is 37.7 Å². The zero-order chi connectivity index (χ0) is 14.7. The number of piperidine rings is 1. The maximum atomic E-state index is 11.1. The van der Waals surface area contributed by atoms with Crippen molar-refractivity contribution in [3.05, 3.63) is 35.7 Å². The predicted molar refractivity (Wildman–Crippen MR) is 78.6 cm³/mol. The molecule has 0 radical (unpaired) electrons. The zero-order valence-electron chi connectivity index (χ0n) is 12.2. The Labute approximate surface area is 124 Å². The van der Waals surface area contributed by atoms with Gasteiger partial charge in [0.15, 0.2) is 0 Å². The number of aryl methyl sites for hydroxylation is 1. The highest BCUT2D eigenvalue weighted by molar-refractivity contribution is 5.57. The Balaban J connectivity index is 1.72. The lowest BCUT2D eigenvalue weighted by molar-refractivity contribution is -0.113. The van der Waals surface area contributed by atoms with Crippen LogP contribution in [0.5, 0.6) is 0 Å². The first kappa shape index (κ1) is 13.9. The monoisotopic (exact) mass is 285 g/mol. The van der Waals surface area contributed by atoms with Crippen LogP contribution in [0.25, 0.3) is 11.4 Å². The largest absolute Gasteiger partial charge is 0.338 e. The third-order valence-electron chi connectivity index (χ3n) is 3.94. The Morgan fingerprint density at radius 1 is 1.33 bits per heavy atom. The summed E-state index contributed by atoms with van der Waals surface area (Å²) in [6.45, 7) is 3.50. The summed E-state index contributed by atoms with van der Waals surface area (Å²) in [5, 5.41) is 4.03. The summed E-state index contributed by atoms with van der Waals surface area (Å²) < 4.78 is 5.33. The lowest BCUT2D eigenvalue weighted by atomic mass is 10.0. The molecule has 0 spiro atoms. The molecule has 2 aromatic rings. The highest BCUT2D eigenvalue weighted by Gasteiger charge is 2.23. The molecule has 1 aromatic heterocycles. The molecule has 1 unspecified atom stereocenters. The van der Waals surface area contributed by atoms with Gasteiger partial charge in [0.05, 0.1) is 12.6 Å². The summed E-state index contributed by atoms with van der Waals surface area (Å²) in [7, 11) is 0. The number of likely N-dealkylation sites (tertiary alicyclic amines) is 1. The van der Waals surface area contributed by atoms with E-state index in [-0.39, 0.29) is 6.04 Å². The first-order chi connectivity index (χ1) is 10.3. The highest BCUT2D eigenvalue weighted by Crippen LogP contribution is 2.20. The van der Waals surface area contributed by atoms with Crippen molar-refractivity contribution >= 4 is 6.29 Å². The summed E-state index contributed by atoms with van der Waals surface area (Å²) >= 11 is 0. The molecule has 5 heteroatoms. The van der Waals surface area contributed by atoms with Crippen molar-refractivity contribution in [2.45, 2.75) is 38.8 Å². The van der Waals surface area contributed by atoms with Crippen LogP contribution in [0.4, 0.5) is 0 Å². The molecular weight excluding hydrogens is 266 g/mol. The van der Waals surface area contributed by atoms with Crippen LogP contribution in [0.3, 0.4) is 0 Å². The van der Waals surface area contributed by atoms with Crippen LogP contribution in [-0.4, -0.2) is 33.9 Å². The van der Waals surface area contributed by atoms with Crippen molar-refractivity contribution in [1.82, 2.24) is 15.0 Å². The third kappa shape index (κ3) is 3.19. The van der Waals surface area contributed by atoms with E-state index in [1.807, 2.05) is 31.2 Å². The number of benzene rings is 1. The van der Waals surface area contributed by atoms with Gasteiger partial charge in [-0.2, -0.15) is 4.98 Å². The van der Waals surface area contributed by atoms with Crippen LogP contribution in [0.1, 0.15) is 30.7 Å². The molecule has 2 heterocycles. The van der Waals surface area contributed by atoms with Gasteiger partial charge in [0.25, 0.3) is 0 Å². The SMILES string of the molecule is Cc1ccc(-c2noc(CN3CCCCC3C=O)n2)cc1. The smallest absolute Gasteiger partial charge is 0.241 e. The van der Waals surface area contributed by atoms with Crippen molar-refractivity contribution in [3.63, 3.8) is 0 Å². The molecular formula is C16H19N3O2. The average Bonchev–Trinajstić information content (AvgIpc) is 2.97. The Bertz CT molecular complexity index is 606. The molecule has 0 bridgehead atoms. The molecule has 1 saturated heterocycles. The zero-order valence-corrected chi connectivity index (χ0v) is 12.2. The molecule has 1 aliphatic heterocycles. The average molecular weight is 285 g/mol. The van der Waals surface area contributed by atoms with Gasteiger partial charge in [-0.25, -0.2) is 0 Å². The number of aldehydes is 1. The van der Waals surface area contributed by atoms with E-state index in [4.69, 9.17) is 4.52 Å². The number of aromatic nitrogens is 2. The minimum Gasteiger partial charge on any atom is -0.338 e. The molecule has 0 N–H and O–H groups in total. The van der Waals surface area contributed by atoms with Gasteiger partial charge in [-0.3, -0.25) is 4.90 Å². The molecule has 1 atom stereocenters. The number of carbonyl (C=O) groups is 1. The van der Waals surface area contributed by atoms with Gasteiger partial charge in [-0.1, -0.05) is 41.4 Å². The van der Waals surface area contributed by atoms with Gasteiger partial charge in [0, 0.05) is 5.56 Å². The van der Waals surface area contributed by atoms with Gasteiger partial charge in [0.2, 0.25) is 11.7 Å². The number of rotatable bonds is 4. The fraction of sp³-hybridized carbons (Fsp3) is 0.438. The van der Waals surface area contributed by atoms with Crippen molar-refractivity contribution < 1.29 is 9.32 Å². The summed E-state index contributed by atoms with van der Waals surface area (Å²) in [6.07, 6.45) is 4.17. The van der Waals surface area contributed by atoms with Crippen LogP contribution < -0.4 is 0 Å². The quantitative estimate of drug-likeness (QED) is 0.808. The molecule has 0 aliphatic carbocycles. The Hall–Kier alpha value is -2.01. The van der Waals surface area contributed by atoms with Crippen molar-refractivity contribution in [2.24, 2.45) is 0 Å².